The molecule has 1 aliphatic rings. The van der Waals surface area contributed by atoms with E-state index < -0.39 is 11.5 Å². The minimum Gasteiger partial charge on any atom is -0.480 e. The van der Waals surface area contributed by atoms with Gasteiger partial charge in [-0.1, -0.05) is 13.8 Å². The molecule has 0 amide bonds. The number of rotatable bonds is 9. The molecule has 0 aromatic carbocycles. The van der Waals surface area contributed by atoms with Crippen molar-refractivity contribution in [1.82, 2.24) is 5.32 Å². The third-order valence-corrected chi connectivity index (χ3v) is 4.47. The van der Waals surface area contributed by atoms with Crippen LogP contribution in [0.2, 0.25) is 0 Å². The van der Waals surface area contributed by atoms with Crippen LogP contribution < -0.4 is 5.32 Å². The molecule has 1 rings (SSSR count). The van der Waals surface area contributed by atoms with Crippen molar-refractivity contribution in [3.05, 3.63) is 0 Å². The molecular formula is C13H25NO2S. The van der Waals surface area contributed by atoms with Gasteiger partial charge in [0.05, 0.1) is 0 Å². The highest BCUT2D eigenvalue weighted by atomic mass is 32.2. The van der Waals surface area contributed by atoms with Gasteiger partial charge < -0.3 is 5.11 Å². The van der Waals surface area contributed by atoms with E-state index in [2.05, 4.69) is 19.2 Å². The second kappa shape index (κ2) is 6.64. The Balaban J connectivity index is 2.21. The lowest BCUT2D eigenvalue weighted by molar-refractivity contribution is -0.144. The number of carboxylic acid groups (broad SMARTS) is 1. The van der Waals surface area contributed by atoms with Gasteiger partial charge in [0.15, 0.2) is 0 Å². The maximum Gasteiger partial charge on any atom is 0.323 e. The molecule has 17 heavy (non-hydrogen) atoms. The van der Waals surface area contributed by atoms with Crippen LogP contribution in [-0.4, -0.2) is 34.2 Å². The predicted octanol–water partition coefficient (Wildman–Crippen LogP) is 2.75. The Bertz CT molecular complexity index is 254. The fraction of sp³-hybridized carbons (Fsp3) is 0.923. The number of carboxylic acids is 1. The van der Waals surface area contributed by atoms with Crippen LogP contribution in [0.5, 0.6) is 0 Å². The van der Waals surface area contributed by atoms with Gasteiger partial charge in [0.2, 0.25) is 0 Å². The van der Waals surface area contributed by atoms with Gasteiger partial charge in [0, 0.05) is 6.04 Å². The Hall–Kier alpha value is -0.220. The van der Waals surface area contributed by atoms with Crippen LogP contribution in [0, 0.1) is 5.92 Å². The predicted molar refractivity (Wildman–Crippen MR) is 73.6 cm³/mol. The molecule has 3 nitrogen and oxygen atoms in total. The normalized spacial score (nSPS) is 19.3. The topological polar surface area (TPSA) is 49.3 Å². The number of nitrogens with one attached hydrogen (secondary N) is 1. The first-order valence-corrected chi connectivity index (χ1v) is 7.68. The molecule has 0 radical (unpaired) electrons. The number of hydrogen-bond acceptors (Lipinski definition) is 3. The lowest BCUT2D eigenvalue weighted by Crippen LogP contribution is -2.50. The lowest BCUT2D eigenvalue weighted by atomic mass is 9.96. The van der Waals surface area contributed by atoms with E-state index in [1.807, 2.05) is 18.7 Å². The molecule has 0 spiro atoms. The Kier molecular flexibility index (Phi) is 5.80. The van der Waals surface area contributed by atoms with Gasteiger partial charge in [0.1, 0.15) is 5.54 Å². The van der Waals surface area contributed by atoms with E-state index in [-0.39, 0.29) is 0 Å². The first-order valence-electron chi connectivity index (χ1n) is 6.53. The van der Waals surface area contributed by atoms with E-state index in [1.54, 1.807) is 0 Å². The minimum atomic E-state index is -0.723. The maximum atomic E-state index is 11.3. The van der Waals surface area contributed by atoms with Gasteiger partial charge in [-0.25, -0.2) is 0 Å². The van der Waals surface area contributed by atoms with Gasteiger partial charge in [-0.3, -0.25) is 10.1 Å². The molecule has 0 aromatic rings. The van der Waals surface area contributed by atoms with Crippen molar-refractivity contribution in [1.29, 1.82) is 0 Å². The summed E-state index contributed by atoms with van der Waals surface area (Å²) in [6.07, 6.45) is 3.96. The quantitative estimate of drug-likeness (QED) is 0.625. The minimum absolute atomic E-state index is 0.444. The summed E-state index contributed by atoms with van der Waals surface area (Å²) in [6.45, 7) is 6.24. The zero-order valence-corrected chi connectivity index (χ0v) is 12.0. The molecule has 1 aliphatic carbocycles. The molecule has 2 N–H and O–H groups in total. The molecular weight excluding hydrogens is 234 g/mol. The maximum absolute atomic E-state index is 11.3. The number of thioether (sulfide) groups is 1. The zero-order chi connectivity index (χ0) is 12.9. The summed E-state index contributed by atoms with van der Waals surface area (Å²) < 4.78 is 0. The highest BCUT2D eigenvalue weighted by Gasteiger charge is 2.37. The van der Waals surface area contributed by atoms with Gasteiger partial charge in [0.25, 0.3) is 0 Å². The van der Waals surface area contributed by atoms with Crippen molar-refractivity contribution in [3.8, 4) is 0 Å². The van der Waals surface area contributed by atoms with E-state index in [9.17, 15) is 9.90 Å². The summed E-state index contributed by atoms with van der Waals surface area (Å²) >= 11 is 1.93. The molecule has 0 heterocycles. The molecule has 0 aliphatic heterocycles. The summed E-state index contributed by atoms with van der Waals surface area (Å²) in [4.78, 5) is 11.3. The largest absolute Gasteiger partial charge is 0.480 e. The summed E-state index contributed by atoms with van der Waals surface area (Å²) in [5.74, 6) is 2.24. The summed E-state index contributed by atoms with van der Waals surface area (Å²) in [7, 11) is 0. The highest BCUT2D eigenvalue weighted by molar-refractivity contribution is 7.99. The molecule has 0 aromatic heterocycles. The van der Waals surface area contributed by atoms with Crippen molar-refractivity contribution in [2.45, 2.75) is 58.0 Å². The van der Waals surface area contributed by atoms with Crippen molar-refractivity contribution < 1.29 is 9.90 Å². The van der Waals surface area contributed by atoms with Crippen LogP contribution in [0.3, 0.4) is 0 Å². The summed E-state index contributed by atoms with van der Waals surface area (Å²) in [6, 6.07) is 0.444. The van der Waals surface area contributed by atoms with Crippen LogP contribution in [0.4, 0.5) is 0 Å². The fourth-order valence-corrected chi connectivity index (χ4v) is 2.75. The monoisotopic (exact) mass is 259 g/mol. The second-order valence-corrected chi connectivity index (χ2v) is 6.78. The molecule has 1 unspecified atom stereocenters. The Morgan fingerprint density at radius 2 is 2.18 bits per heavy atom. The Labute approximate surface area is 109 Å². The number of carbonyl (C=O) groups is 1. The average Bonchev–Trinajstić information content (AvgIpc) is 3.00. The number of aliphatic carboxylic acids is 1. The van der Waals surface area contributed by atoms with Crippen LogP contribution in [0.25, 0.3) is 0 Å². The van der Waals surface area contributed by atoms with Crippen LogP contribution in [0.15, 0.2) is 0 Å². The first kappa shape index (κ1) is 14.8. The highest BCUT2D eigenvalue weighted by Crippen LogP contribution is 2.25. The van der Waals surface area contributed by atoms with Crippen LogP contribution >= 0.6 is 11.8 Å². The van der Waals surface area contributed by atoms with Crippen molar-refractivity contribution in [3.63, 3.8) is 0 Å². The molecule has 1 saturated carbocycles. The van der Waals surface area contributed by atoms with E-state index in [0.717, 1.165) is 37.4 Å². The van der Waals surface area contributed by atoms with E-state index in [1.165, 1.54) is 5.75 Å². The van der Waals surface area contributed by atoms with Crippen LogP contribution in [-0.2, 0) is 4.79 Å². The summed E-state index contributed by atoms with van der Waals surface area (Å²) in [5.41, 5.74) is -0.723. The zero-order valence-electron chi connectivity index (χ0n) is 11.2. The standard InChI is InChI=1S/C13H25NO2S/c1-10(2)9-17-8-4-7-13(3,12(15)16)14-11-5-6-11/h10-11,14H,4-9H2,1-3H3,(H,15,16). The molecule has 1 atom stereocenters. The molecule has 0 bridgehead atoms. The van der Waals surface area contributed by atoms with Crippen LogP contribution in [0.1, 0.15) is 46.5 Å². The van der Waals surface area contributed by atoms with Gasteiger partial charge in [-0.2, -0.15) is 11.8 Å². The van der Waals surface area contributed by atoms with E-state index in [4.69, 9.17) is 0 Å². The van der Waals surface area contributed by atoms with Crippen molar-refractivity contribution in [2.75, 3.05) is 11.5 Å². The Morgan fingerprint density at radius 1 is 1.53 bits per heavy atom. The molecule has 4 heteroatoms. The summed E-state index contributed by atoms with van der Waals surface area (Å²) in [5, 5.41) is 12.5. The van der Waals surface area contributed by atoms with E-state index >= 15 is 0 Å². The smallest absolute Gasteiger partial charge is 0.323 e. The van der Waals surface area contributed by atoms with E-state index in [0.29, 0.717) is 6.04 Å². The molecule has 0 saturated heterocycles. The van der Waals surface area contributed by atoms with Gasteiger partial charge >= 0.3 is 5.97 Å². The molecule has 100 valence electrons. The SMILES string of the molecule is CC(C)CSCCCC(C)(NC1CC1)C(=O)O. The average molecular weight is 259 g/mol. The third-order valence-electron chi connectivity index (χ3n) is 2.99. The van der Waals surface area contributed by atoms with Crippen molar-refractivity contribution in [2.24, 2.45) is 5.92 Å². The second-order valence-electron chi connectivity index (χ2n) is 5.63. The fourth-order valence-electron chi connectivity index (χ4n) is 1.77. The van der Waals surface area contributed by atoms with Crippen molar-refractivity contribution >= 4 is 17.7 Å². The first-order chi connectivity index (χ1) is 7.94. The van der Waals surface area contributed by atoms with Gasteiger partial charge in [-0.05, 0) is 50.0 Å². The third kappa shape index (κ3) is 5.77. The lowest BCUT2D eigenvalue weighted by Gasteiger charge is -2.26. The number of hydrogen-bond donors (Lipinski definition) is 2. The molecule has 1 fully saturated rings. The Morgan fingerprint density at radius 3 is 2.65 bits per heavy atom. The van der Waals surface area contributed by atoms with Gasteiger partial charge in [-0.15, -0.1) is 0 Å².